The van der Waals surface area contributed by atoms with Crippen LogP contribution in [0.2, 0.25) is 0 Å². The maximum atomic E-state index is 10.9. The Morgan fingerprint density at radius 3 is 2.73 bits per heavy atom. The van der Waals surface area contributed by atoms with Gasteiger partial charge in [0.1, 0.15) is 0 Å². The summed E-state index contributed by atoms with van der Waals surface area (Å²) in [6.45, 7) is 0. The van der Waals surface area contributed by atoms with E-state index in [0.717, 1.165) is 0 Å². The Morgan fingerprint density at radius 1 is 1.33 bits per heavy atom. The number of hydrogen-bond donors (Lipinski definition) is 0. The quantitative estimate of drug-likeness (QED) is 0.453. The SMILES string of the molecule is O=c1ccc2cc(Br)cc([N+](=O)[O-])c2o1. The molecule has 0 aliphatic heterocycles. The van der Waals surface area contributed by atoms with Crippen LogP contribution in [0.15, 0.2) is 37.9 Å². The zero-order valence-corrected chi connectivity index (χ0v) is 8.85. The molecule has 2 aromatic rings. The van der Waals surface area contributed by atoms with Gasteiger partial charge in [0.05, 0.1) is 4.92 Å². The third kappa shape index (κ3) is 1.75. The first-order valence-electron chi connectivity index (χ1n) is 3.96. The average Bonchev–Trinajstić information content (AvgIpc) is 2.17. The molecule has 0 atom stereocenters. The van der Waals surface area contributed by atoms with Crippen molar-refractivity contribution >= 4 is 32.6 Å². The van der Waals surface area contributed by atoms with E-state index in [9.17, 15) is 14.9 Å². The molecule has 0 amide bonds. The zero-order valence-electron chi connectivity index (χ0n) is 7.27. The smallest absolute Gasteiger partial charge is 0.336 e. The molecule has 1 aromatic heterocycles. The van der Waals surface area contributed by atoms with Gasteiger partial charge >= 0.3 is 11.3 Å². The van der Waals surface area contributed by atoms with Crippen LogP contribution in [0.25, 0.3) is 11.0 Å². The van der Waals surface area contributed by atoms with Crippen molar-refractivity contribution in [2.75, 3.05) is 0 Å². The topological polar surface area (TPSA) is 73.3 Å². The highest BCUT2D eigenvalue weighted by molar-refractivity contribution is 9.10. The normalized spacial score (nSPS) is 10.5. The molecule has 0 fully saturated rings. The van der Waals surface area contributed by atoms with E-state index in [1.165, 1.54) is 18.2 Å². The highest BCUT2D eigenvalue weighted by Gasteiger charge is 2.15. The van der Waals surface area contributed by atoms with Crippen molar-refractivity contribution < 1.29 is 9.34 Å². The number of nitrogens with zero attached hydrogens (tertiary/aromatic N) is 1. The summed E-state index contributed by atoms with van der Waals surface area (Å²) in [6.07, 6.45) is 0. The van der Waals surface area contributed by atoms with Crippen LogP contribution in [0.3, 0.4) is 0 Å². The summed E-state index contributed by atoms with van der Waals surface area (Å²) in [5.74, 6) is 0. The third-order valence-electron chi connectivity index (χ3n) is 1.86. The van der Waals surface area contributed by atoms with Crippen molar-refractivity contribution in [3.8, 4) is 0 Å². The maximum Gasteiger partial charge on any atom is 0.336 e. The van der Waals surface area contributed by atoms with Gasteiger partial charge in [-0.1, -0.05) is 15.9 Å². The summed E-state index contributed by atoms with van der Waals surface area (Å²) in [4.78, 5) is 21.1. The Kier molecular flexibility index (Phi) is 2.28. The first-order chi connectivity index (χ1) is 7.08. The van der Waals surface area contributed by atoms with Crippen molar-refractivity contribution in [3.63, 3.8) is 0 Å². The first-order valence-corrected chi connectivity index (χ1v) is 4.75. The molecule has 2 rings (SSSR count). The molecule has 0 unspecified atom stereocenters. The van der Waals surface area contributed by atoms with E-state index in [-0.39, 0.29) is 11.3 Å². The zero-order chi connectivity index (χ0) is 11.0. The molecule has 5 nitrogen and oxygen atoms in total. The maximum absolute atomic E-state index is 10.9. The number of nitro groups is 1. The van der Waals surface area contributed by atoms with Gasteiger partial charge in [0.25, 0.3) is 0 Å². The van der Waals surface area contributed by atoms with Crippen molar-refractivity contribution in [1.29, 1.82) is 0 Å². The predicted octanol–water partition coefficient (Wildman–Crippen LogP) is 2.46. The number of fused-ring (bicyclic) bond motifs is 1. The molecule has 0 saturated carbocycles. The number of non-ortho nitro benzene ring substituents is 1. The fourth-order valence-corrected chi connectivity index (χ4v) is 1.73. The van der Waals surface area contributed by atoms with Crippen LogP contribution in [0.5, 0.6) is 0 Å². The molecule has 0 N–H and O–H groups in total. The lowest BCUT2D eigenvalue weighted by atomic mass is 10.2. The molecule has 1 aromatic carbocycles. The van der Waals surface area contributed by atoms with Crippen LogP contribution in [0.1, 0.15) is 0 Å². The standard InChI is InChI=1S/C9H4BrNO4/c10-6-3-5-1-2-8(12)15-9(5)7(4-6)11(13)14/h1-4H. The summed E-state index contributed by atoms with van der Waals surface area (Å²) in [5.41, 5.74) is -0.833. The Balaban J connectivity index is 2.94. The van der Waals surface area contributed by atoms with Crippen LogP contribution < -0.4 is 5.63 Å². The van der Waals surface area contributed by atoms with Gasteiger partial charge in [0, 0.05) is 22.0 Å². The molecule has 15 heavy (non-hydrogen) atoms. The van der Waals surface area contributed by atoms with Gasteiger partial charge in [-0.05, 0) is 12.1 Å². The van der Waals surface area contributed by atoms with Crippen molar-refractivity contribution in [2.45, 2.75) is 0 Å². The minimum Gasteiger partial charge on any atom is -0.415 e. The summed E-state index contributed by atoms with van der Waals surface area (Å²) < 4.78 is 5.36. The van der Waals surface area contributed by atoms with E-state index >= 15 is 0 Å². The Hall–Kier alpha value is -1.69. The van der Waals surface area contributed by atoms with Gasteiger partial charge in [-0.25, -0.2) is 4.79 Å². The first kappa shape index (κ1) is 9.85. The second-order valence-corrected chi connectivity index (χ2v) is 3.77. The van der Waals surface area contributed by atoms with Gasteiger partial charge in [-0.3, -0.25) is 10.1 Å². The minimum absolute atomic E-state index is 0.00398. The lowest BCUT2D eigenvalue weighted by Gasteiger charge is -1.98. The molecule has 0 spiro atoms. The molecule has 0 aliphatic carbocycles. The van der Waals surface area contributed by atoms with Crippen molar-refractivity contribution in [1.82, 2.24) is 0 Å². The Bertz CT molecular complexity index is 605. The third-order valence-corrected chi connectivity index (χ3v) is 2.32. The number of hydrogen-bond acceptors (Lipinski definition) is 4. The molecule has 0 bridgehead atoms. The van der Waals surface area contributed by atoms with E-state index in [0.29, 0.717) is 9.86 Å². The summed E-state index contributed by atoms with van der Waals surface area (Å²) in [5, 5.41) is 11.2. The van der Waals surface area contributed by atoms with Crippen molar-refractivity contribution in [2.24, 2.45) is 0 Å². The molecule has 0 saturated heterocycles. The second-order valence-electron chi connectivity index (χ2n) is 2.85. The van der Waals surface area contributed by atoms with Gasteiger partial charge in [-0.2, -0.15) is 0 Å². The number of rotatable bonds is 1. The fourth-order valence-electron chi connectivity index (χ4n) is 1.26. The van der Waals surface area contributed by atoms with E-state index in [2.05, 4.69) is 15.9 Å². The van der Waals surface area contributed by atoms with Gasteiger partial charge in [-0.15, -0.1) is 0 Å². The lowest BCUT2D eigenvalue weighted by Crippen LogP contribution is -1.97. The average molecular weight is 270 g/mol. The summed E-state index contributed by atoms with van der Waals surface area (Å²) in [7, 11) is 0. The predicted molar refractivity (Wildman–Crippen MR) is 56.8 cm³/mol. The largest absolute Gasteiger partial charge is 0.415 e. The highest BCUT2D eigenvalue weighted by atomic mass is 79.9. The van der Waals surface area contributed by atoms with Crippen LogP contribution in [0, 0.1) is 10.1 Å². The number of nitro benzene ring substituents is 1. The molecule has 1 heterocycles. The molecular formula is C9H4BrNO4. The molecule has 0 aliphatic rings. The van der Waals surface area contributed by atoms with Crippen molar-refractivity contribution in [3.05, 3.63) is 49.3 Å². The van der Waals surface area contributed by atoms with Gasteiger partial charge in [0.2, 0.25) is 5.58 Å². The summed E-state index contributed by atoms with van der Waals surface area (Å²) in [6, 6.07) is 5.65. The Morgan fingerprint density at radius 2 is 2.07 bits per heavy atom. The van der Waals surface area contributed by atoms with Crippen LogP contribution in [-0.4, -0.2) is 4.92 Å². The lowest BCUT2D eigenvalue weighted by molar-refractivity contribution is -0.383. The number of benzene rings is 1. The van der Waals surface area contributed by atoms with Crippen LogP contribution in [-0.2, 0) is 0 Å². The fraction of sp³-hybridized carbons (Fsp3) is 0. The minimum atomic E-state index is -0.604. The number of halogens is 1. The van der Waals surface area contributed by atoms with Gasteiger partial charge < -0.3 is 4.42 Å². The van der Waals surface area contributed by atoms with E-state index in [4.69, 9.17) is 4.42 Å². The van der Waals surface area contributed by atoms with E-state index in [1.807, 2.05) is 0 Å². The van der Waals surface area contributed by atoms with Crippen LogP contribution >= 0.6 is 15.9 Å². The second kappa shape index (κ2) is 3.47. The molecule has 76 valence electrons. The summed E-state index contributed by atoms with van der Waals surface area (Å²) >= 11 is 3.15. The monoisotopic (exact) mass is 269 g/mol. The van der Waals surface area contributed by atoms with E-state index in [1.54, 1.807) is 6.07 Å². The molecule has 0 radical (unpaired) electrons. The Labute approximate surface area is 91.6 Å². The highest BCUT2D eigenvalue weighted by Crippen LogP contribution is 2.28. The van der Waals surface area contributed by atoms with E-state index < -0.39 is 10.5 Å². The molecular weight excluding hydrogens is 266 g/mol. The van der Waals surface area contributed by atoms with Gasteiger partial charge in [0.15, 0.2) is 0 Å². The van der Waals surface area contributed by atoms with Crippen LogP contribution in [0.4, 0.5) is 5.69 Å². The molecule has 6 heteroatoms.